The number of hydrogen-bond acceptors (Lipinski definition) is 2. The van der Waals surface area contributed by atoms with E-state index in [0.717, 1.165) is 0 Å². The molecule has 0 aliphatic carbocycles. The van der Waals surface area contributed by atoms with Gasteiger partial charge in [-0.05, 0) is 0 Å². The van der Waals surface area contributed by atoms with Gasteiger partial charge in [0.25, 0.3) is 0 Å². The van der Waals surface area contributed by atoms with Gasteiger partial charge < -0.3 is 0 Å². The van der Waals surface area contributed by atoms with Gasteiger partial charge in [-0.3, -0.25) is 0 Å². The molecule has 0 amide bonds. The normalized spacial score (nSPS) is 17.5. The first-order chi connectivity index (χ1) is 3.50. The summed E-state index contributed by atoms with van der Waals surface area (Å²) in [7, 11) is 0. The van der Waals surface area contributed by atoms with Gasteiger partial charge in [0.05, 0.1) is 0 Å². The Morgan fingerprint density at radius 3 is 2.25 bits per heavy atom. The molecular formula is C4H7NaO3. The van der Waals surface area contributed by atoms with Crippen molar-refractivity contribution in [3.8, 4) is 0 Å². The predicted octanol–water partition coefficient (Wildman–Crippen LogP) is -0.662. The molecule has 0 aliphatic rings. The summed E-state index contributed by atoms with van der Waals surface area (Å²) in [6, 6.07) is 0. The van der Waals surface area contributed by atoms with Gasteiger partial charge in [0, 0.05) is 0 Å². The minimum absolute atomic E-state index is 0.289. The molecule has 0 aromatic carbocycles. The molecule has 0 saturated heterocycles. The summed E-state index contributed by atoms with van der Waals surface area (Å²) in [5, 5.41) is 17.1. The van der Waals surface area contributed by atoms with E-state index in [9.17, 15) is 4.79 Å². The number of hydrogen-bond donors (Lipinski definition) is 2. The molecule has 0 radical (unpaired) electrons. The molecule has 0 rings (SSSR count). The van der Waals surface area contributed by atoms with E-state index < -0.39 is 8.82 Å². The van der Waals surface area contributed by atoms with Gasteiger partial charge in [-0.2, -0.15) is 0 Å². The van der Waals surface area contributed by atoms with Gasteiger partial charge in [0.1, 0.15) is 0 Å². The molecule has 0 fully saturated rings. The Bertz CT molecular complexity index is 99.5. The Morgan fingerprint density at radius 2 is 2.25 bits per heavy atom. The van der Waals surface area contributed by atoms with Crippen LogP contribution in [0, 0.1) is 0 Å². The summed E-state index contributed by atoms with van der Waals surface area (Å²) in [5.41, 5.74) is 0. The van der Waals surface area contributed by atoms with Gasteiger partial charge in [-0.1, -0.05) is 0 Å². The minimum atomic E-state index is -1.40. The maximum atomic E-state index is 10.0. The first kappa shape index (κ1) is 8.43. The third kappa shape index (κ3) is 2.13. The summed E-state index contributed by atoms with van der Waals surface area (Å²) in [5.74, 6) is -1.10. The Balaban J connectivity index is 3.91. The Labute approximate surface area is 65.1 Å². The van der Waals surface area contributed by atoms with Crippen LogP contribution in [0.25, 0.3) is 0 Å². The Hall–Kier alpha value is 0.430. The van der Waals surface area contributed by atoms with E-state index >= 15 is 0 Å². The van der Waals surface area contributed by atoms with Crippen molar-refractivity contribution in [1.82, 2.24) is 0 Å². The molecule has 3 nitrogen and oxygen atoms in total. The van der Waals surface area contributed by atoms with Crippen molar-refractivity contribution >= 4 is 33.9 Å². The van der Waals surface area contributed by atoms with Crippen molar-refractivity contribution in [3.63, 3.8) is 0 Å². The number of carbonyl (C=O) groups is 1. The summed E-state index contributed by atoms with van der Waals surface area (Å²) < 4.78 is -1.40. The first-order valence-electron chi connectivity index (χ1n) is 2.46. The van der Waals surface area contributed by atoms with Crippen LogP contribution in [0.1, 0.15) is 13.3 Å². The van der Waals surface area contributed by atoms with E-state index in [2.05, 4.69) is 0 Å². The van der Waals surface area contributed by atoms with Crippen molar-refractivity contribution in [2.45, 2.75) is 16.2 Å². The second-order valence-corrected chi connectivity index (χ2v) is 3.59. The van der Waals surface area contributed by atoms with E-state index in [4.69, 9.17) is 10.2 Å². The van der Waals surface area contributed by atoms with E-state index in [1.54, 1.807) is 6.92 Å². The summed E-state index contributed by atoms with van der Waals surface area (Å²) in [6.07, 6.45) is 0.300. The standard InChI is InChI=1S/C4H7O3.Na/c1-2-3(5)4(6)7;/h5H,2H2,1H3,(H,6,7);. The van der Waals surface area contributed by atoms with Gasteiger partial charge in [-0.15, -0.1) is 0 Å². The molecule has 8 heavy (non-hydrogen) atoms. The van der Waals surface area contributed by atoms with Crippen LogP contribution in [-0.4, -0.2) is 47.0 Å². The van der Waals surface area contributed by atoms with Crippen molar-refractivity contribution in [2.75, 3.05) is 0 Å². The molecule has 0 aliphatic heterocycles. The van der Waals surface area contributed by atoms with Gasteiger partial charge in [0.15, 0.2) is 0 Å². The zero-order chi connectivity index (χ0) is 6.78. The molecule has 0 heterocycles. The Kier molecular flexibility index (Phi) is 2.98. The molecule has 2 N–H and O–H groups in total. The van der Waals surface area contributed by atoms with Gasteiger partial charge >= 0.3 is 65.1 Å². The van der Waals surface area contributed by atoms with E-state index in [1.807, 2.05) is 0 Å². The first-order valence-corrected chi connectivity index (χ1v) is 3.46. The van der Waals surface area contributed by atoms with Crippen molar-refractivity contribution in [2.24, 2.45) is 0 Å². The van der Waals surface area contributed by atoms with Crippen molar-refractivity contribution in [3.05, 3.63) is 0 Å². The van der Waals surface area contributed by atoms with Crippen LogP contribution >= 0.6 is 0 Å². The number of aliphatic hydroxyl groups is 1. The third-order valence-corrected chi connectivity index (χ3v) is 2.28. The summed E-state index contributed by atoms with van der Waals surface area (Å²) >= 11 is 0.289. The van der Waals surface area contributed by atoms with Gasteiger partial charge in [-0.25, -0.2) is 0 Å². The average Bonchev–Trinajstić information content (AvgIpc) is 1.67. The second kappa shape index (κ2) is 2.82. The predicted molar refractivity (Wildman–Crippen MR) is 28.6 cm³/mol. The molecule has 0 spiro atoms. The molecular weight excluding hydrogens is 119 g/mol. The van der Waals surface area contributed by atoms with Crippen LogP contribution in [0.3, 0.4) is 0 Å². The van der Waals surface area contributed by atoms with Crippen molar-refractivity contribution in [1.29, 1.82) is 0 Å². The molecule has 0 saturated carbocycles. The summed E-state index contributed by atoms with van der Waals surface area (Å²) in [4.78, 5) is 10.0. The molecule has 0 aromatic rings. The average molecular weight is 126 g/mol. The molecule has 0 aromatic heterocycles. The van der Waals surface area contributed by atoms with E-state index in [0.29, 0.717) is 6.42 Å². The fourth-order valence-corrected chi connectivity index (χ4v) is 0.151. The summed E-state index contributed by atoms with van der Waals surface area (Å²) in [6.45, 7) is 1.65. The van der Waals surface area contributed by atoms with Gasteiger partial charge in [0.2, 0.25) is 0 Å². The molecule has 42 valence electrons. The van der Waals surface area contributed by atoms with Crippen LogP contribution in [0.5, 0.6) is 0 Å². The third-order valence-electron chi connectivity index (χ3n) is 1.15. The zero-order valence-corrected chi connectivity index (χ0v) is 7.01. The number of rotatable bonds is 2. The van der Waals surface area contributed by atoms with E-state index in [-0.39, 0.29) is 27.9 Å². The van der Waals surface area contributed by atoms with Crippen molar-refractivity contribution < 1.29 is 15.0 Å². The monoisotopic (exact) mass is 126 g/mol. The zero-order valence-electron chi connectivity index (χ0n) is 5.01. The number of carboxylic acids is 1. The van der Waals surface area contributed by atoms with Crippen LogP contribution in [0.4, 0.5) is 0 Å². The second-order valence-electron chi connectivity index (χ2n) is 1.93. The van der Waals surface area contributed by atoms with Crippen LogP contribution in [0.15, 0.2) is 0 Å². The van der Waals surface area contributed by atoms with E-state index in [1.165, 1.54) is 0 Å². The number of carboxylic acid groups (broad SMARTS) is 1. The fraction of sp³-hybridized carbons (Fsp3) is 0.750. The molecule has 4 heteroatoms. The molecule has 0 bridgehead atoms. The van der Waals surface area contributed by atoms with Crippen LogP contribution in [-0.2, 0) is 4.79 Å². The molecule has 1 atom stereocenters. The SMILES string of the molecule is CC[C](O)([Na])C(=O)O. The fourth-order valence-electron chi connectivity index (χ4n) is 0.151. The molecule has 1 unspecified atom stereocenters. The van der Waals surface area contributed by atoms with Crippen LogP contribution < -0.4 is 0 Å². The topological polar surface area (TPSA) is 57.5 Å². The maximum absolute atomic E-state index is 10.0. The Morgan fingerprint density at radius 1 is 1.88 bits per heavy atom. The quantitative estimate of drug-likeness (QED) is 0.483. The van der Waals surface area contributed by atoms with Crippen LogP contribution in [0.2, 0.25) is 0 Å². The number of aliphatic carboxylic acids is 1.